The van der Waals surface area contributed by atoms with Crippen LogP contribution in [0.5, 0.6) is 0 Å². The van der Waals surface area contributed by atoms with E-state index in [4.69, 9.17) is 16.2 Å². The molecule has 15 heavy (non-hydrogen) atoms. The molecule has 3 heteroatoms. The molecule has 0 heterocycles. The van der Waals surface area contributed by atoms with Gasteiger partial charge in [-0.15, -0.1) is 6.58 Å². The fraction of sp³-hybridized carbons (Fsp3) is 0.333. The molecular weight excluding hydrogens is 224 g/mol. The van der Waals surface area contributed by atoms with Gasteiger partial charge in [0.1, 0.15) is 0 Å². The molecule has 1 N–H and O–H groups in total. The minimum absolute atomic E-state index is 0.191. The van der Waals surface area contributed by atoms with Crippen LogP contribution in [0.15, 0.2) is 36.9 Å². The third-order valence-corrected chi connectivity index (χ3v) is 3.96. The standard InChI is InChI=1S/C12H15ClOSi/c1-2-4-10-5-3-6-11(9-10)12(15-13)7-8-14/h2-3,5-6,9,12,14H,1,4,7-8H2. The molecule has 0 aliphatic carbocycles. The Kier molecular flexibility index (Phi) is 5.69. The SMILES string of the molecule is C=CCc1cccc(C(CCO)[Si]Cl)c1. The van der Waals surface area contributed by atoms with Crippen molar-refractivity contribution in [3.8, 4) is 0 Å². The minimum atomic E-state index is 0.191. The van der Waals surface area contributed by atoms with Gasteiger partial charge in [-0.3, -0.25) is 0 Å². The molecule has 1 aromatic rings. The van der Waals surface area contributed by atoms with Gasteiger partial charge in [0, 0.05) is 6.61 Å². The van der Waals surface area contributed by atoms with E-state index in [0.717, 1.165) is 12.8 Å². The van der Waals surface area contributed by atoms with E-state index in [1.165, 1.54) is 11.1 Å². The number of benzene rings is 1. The monoisotopic (exact) mass is 238 g/mol. The summed E-state index contributed by atoms with van der Waals surface area (Å²) in [5, 5.41) is 8.93. The van der Waals surface area contributed by atoms with E-state index in [1.807, 2.05) is 12.1 Å². The number of rotatable bonds is 6. The third-order valence-electron chi connectivity index (χ3n) is 2.28. The molecule has 0 saturated carbocycles. The van der Waals surface area contributed by atoms with Gasteiger partial charge in [-0.1, -0.05) is 30.3 Å². The number of allylic oxidation sites excluding steroid dienone is 1. The highest BCUT2D eigenvalue weighted by atomic mass is 35.6. The number of aliphatic hydroxyl groups excluding tert-OH is 1. The zero-order valence-electron chi connectivity index (χ0n) is 8.62. The van der Waals surface area contributed by atoms with Gasteiger partial charge in [0.05, 0.1) is 0 Å². The third kappa shape index (κ3) is 3.82. The maximum absolute atomic E-state index is 8.93. The Balaban J connectivity index is 2.81. The molecule has 0 saturated heterocycles. The molecule has 0 aliphatic heterocycles. The van der Waals surface area contributed by atoms with Gasteiger partial charge in [0.2, 0.25) is 0 Å². The number of hydrogen-bond acceptors (Lipinski definition) is 1. The Morgan fingerprint density at radius 1 is 1.53 bits per heavy atom. The van der Waals surface area contributed by atoms with Gasteiger partial charge < -0.3 is 5.11 Å². The summed E-state index contributed by atoms with van der Waals surface area (Å²) < 4.78 is 0. The predicted octanol–water partition coefficient (Wildman–Crippen LogP) is 2.70. The zero-order chi connectivity index (χ0) is 11.1. The number of hydrogen-bond donors (Lipinski definition) is 1. The normalized spacial score (nSPS) is 12.4. The lowest BCUT2D eigenvalue weighted by molar-refractivity contribution is 0.286. The summed E-state index contributed by atoms with van der Waals surface area (Å²) >= 11 is 5.91. The lowest BCUT2D eigenvalue weighted by atomic mass is 10.0. The fourth-order valence-corrected chi connectivity index (χ4v) is 2.77. The predicted molar refractivity (Wildman–Crippen MR) is 66.4 cm³/mol. The molecule has 0 aliphatic rings. The fourth-order valence-electron chi connectivity index (χ4n) is 1.52. The molecule has 0 spiro atoms. The van der Waals surface area contributed by atoms with Crippen LogP contribution in [0.1, 0.15) is 23.1 Å². The highest BCUT2D eigenvalue weighted by Gasteiger charge is 2.11. The Bertz CT molecular complexity index is 314. The van der Waals surface area contributed by atoms with Crippen LogP contribution in [0.4, 0.5) is 0 Å². The van der Waals surface area contributed by atoms with E-state index in [-0.39, 0.29) is 12.1 Å². The van der Waals surface area contributed by atoms with Crippen LogP contribution in [0.3, 0.4) is 0 Å². The van der Waals surface area contributed by atoms with E-state index in [0.29, 0.717) is 8.83 Å². The average molecular weight is 239 g/mol. The second kappa shape index (κ2) is 6.83. The molecule has 1 unspecified atom stereocenters. The first-order chi connectivity index (χ1) is 7.31. The van der Waals surface area contributed by atoms with Crippen molar-refractivity contribution < 1.29 is 5.11 Å². The molecule has 80 valence electrons. The Morgan fingerprint density at radius 2 is 2.33 bits per heavy atom. The van der Waals surface area contributed by atoms with E-state index in [9.17, 15) is 0 Å². The molecule has 0 aromatic heterocycles. The summed E-state index contributed by atoms with van der Waals surface area (Å²) in [6.45, 7) is 3.91. The maximum atomic E-state index is 8.93. The van der Waals surface area contributed by atoms with Gasteiger partial charge in [-0.2, -0.15) is 11.1 Å². The van der Waals surface area contributed by atoms with E-state index >= 15 is 0 Å². The van der Waals surface area contributed by atoms with E-state index < -0.39 is 0 Å². The smallest absolute Gasteiger partial charge is 0.180 e. The molecule has 1 nitrogen and oxygen atoms in total. The largest absolute Gasteiger partial charge is 0.396 e. The van der Waals surface area contributed by atoms with Crippen molar-refractivity contribution in [3.63, 3.8) is 0 Å². The summed E-state index contributed by atoms with van der Waals surface area (Å²) in [5.74, 6) is 0. The molecule has 1 aromatic carbocycles. The second-order valence-corrected chi connectivity index (χ2v) is 4.98. The highest BCUT2D eigenvalue weighted by molar-refractivity contribution is 6.94. The zero-order valence-corrected chi connectivity index (χ0v) is 10.4. The van der Waals surface area contributed by atoms with Crippen molar-refractivity contribution in [2.75, 3.05) is 6.61 Å². The van der Waals surface area contributed by atoms with Crippen LogP contribution in [-0.4, -0.2) is 20.5 Å². The van der Waals surface area contributed by atoms with Crippen LogP contribution in [-0.2, 0) is 6.42 Å². The van der Waals surface area contributed by atoms with Crippen LogP contribution >= 0.6 is 11.1 Å². The van der Waals surface area contributed by atoms with Crippen molar-refractivity contribution in [1.29, 1.82) is 0 Å². The van der Waals surface area contributed by atoms with Gasteiger partial charge in [0.15, 0.2) is 8.83 Å². The van der Waals surface area contributed by atoms with Gasteiger partial charge >= 0.3 is 0 Å². The van der Waals surface area contributed by atoms with Gasteiger partial charge in [-0.25, -0.2) is 0 Å². The first-order valence-corrected chi connectivity index (χ1v) is 7.07. The van der Waals surface area contributed by atoms with Crippen LogP contribution in [0.2, 0.25) is 0 Å². The molecule has 0 amide bonds. The van der Waals surface area contributed by atoms with E-state index in [1.54, 1.807) is 0 Å². The van der Waals surface area contributed by atoms with Crippen molar-refractivity contribution in [1.82, 2.24) is 0 Å². The van der Waals surface area contributed by atoms with Crippen LogP contribution < -0.4 is 0 Å². The Morgan fingerprint density at radius 3 is 2.93 bits per heavy atom. The molecular formula is C12H15ClOSi. The van der Waals surface area contributed by atoms with Crippen LogP contribution in [0.25, 0.3) is 0 Å². The Labute approximate surface area is 98.3 Å². The lowest BCUT2D eigenvalue weighted by Gasteiger charge is -2.12. The summed E-state index contributed by atoms with van der Waals surface area (Å²) in [5.41, 5.74) is 2.75. The topological polar surface area (TPSA) is 20.2 Å². The highest BCUT2D eigenvalue weighted by Crippen LogP contribution is 2.20. The van der Waals surface area contributed by atoms with Crippen molar-refractivity contribution >= 4 is 19.9 Å². The number of halogens is 1. The summed E-state index contributed by atoms with van der Waals surface area (Å²) in [6, 6.07) is 8.34. The lowest BCUT2D eigenvalue weighted by Crippen LogP contribution is -2.06. The van der Waals surface area contributed by atoms with Gasteiger partial charge in [0.25, 0.3) is 0 Å². The summed E-state index contributed by atoms with van der Waals surface area (Å²) in [7, 11) is 0.318. The summed E-state index contributed by atoms with van der Waals surface area (Å²) in [4.78, 5) is 0. The average Bonchev–Trinajstić information content (AvgIpc) is 2.27. The molecule has 2 radical (unpaired) electrons. The first-order valence-electron chi connectivity index (χ1n) is 4.98. The first kappa shape index (κ1) is 12.5. The second-order valence-electron chi connectivity index (χ2n) is 3.41. The van der Waals surface area contributed by atoms with Crippen molar-refractivity contribution in [2.24, 2.45) is 0 Å². The maximum Gasteiger partial charge on any atom is 0.180 e. The van der Waals surface area contributed by atoms with E-state index in [2.05, 4.69) is 24.8 Å². The molecule has 1 rings (SSSR count). The molecule has 0 fully saturated rings. The minimum Gasteiger partial charge on any atom is -0.396 e. The molecule has 1 atom stereocenters. The van der Waals surface area contributed by atoms with Crippen molar-refractivity contribution in [3.05, 3.63) is 48.0 Å². The number of aliphatic hydroxyl groups is 1. The Hall–Kier alpha value is -0.573. The quantitative estimate of drug-likeness (QED) is 0.459. The van der Waals surface area contributed by atoms with Gasteiger partial charge in [-0.05, 0) is 29.5 Å². The van der Waals surface area contributed by atoms with Crippen LogP contribution in [0, 0.1) is 0 Å². The van der Waals surface area contributed by atoms with Crippen molar-refractivity contribution in [2.45, 2.75) is 18.4 Å². The summed E-state index contributed by atoms with van der Waals surface area (Å²) in [6.07, 6.45) is 3.51. The molecule has 0 bridgehead atoms.